The van der Waals surface area contributed by atoms with E-state index in [-0.39, 0.29) is 17.8 Å². The number of likely N-dealkylation sites (tertiary alicyclic amines) is 1. The maximum absolute atomic E-state index is 13.3. The summed E-state index contributed by atoms with van der Waals surface area (Å²) in [5, 5.41) is 0.773. The van der Waals surface area contributed by atoms with Gasteiger partial charge in [-0.3, -0.25) is 4.79 Å². The predicted octanol–water partition coefficient (Wildman–Crippen LogP) is 3.98. The quantitative estimate of drug-likeness (QED) is 0.713. The van der Waals surface area contributed by atoms with Crippen molar-refractivity contribution in [1.82, 2.24) is 4.90 Å². The molecule has 1 saturated heterocycles. The van der Waals surface area contributed by atoms with Crippen molar-refractivity contribution in [2.24, 2.45) is 0 Å². The number of benzene rings is 1. The molecule has 18 heavy (non-hydrogen) atoms. The molecule has 1 amide bonds. The molecular formula is C13H14Br2FNO. The van der Waals surface area contributed by atoms with Crippen LogP contribution in [0.1, 0.15) is 29.6 Å². The Bertz CT molecular complexity index is 432. The monoisotopic (exact) mass is 377 g/mol. The number of rotatable bonds is 2. The Morgan fingerprint density at radius 1 is 1.39 bits per heavy atom. The van der Waals surface area contributed by atoms with Gasteiger partial charge < -0.3 is 4.90 Å². The van der Waals surface area contributed by atoms with E-state index in [1.165, 1.54) is 12.1 Å². The Balaban J connectivity index is 2.23. The zero-order valence-electron chi connectivity index (χ0n) is 9.83. The van der Waals surface area contributed by atoms with E-state index in [0.29, 0.717) is 10.0 Å². The average Bonchev–Trinajstić information content (AvgIpc) is 2.36. The summed E-state index contributed by atoms with van der Waals surface area (Å²) in [5.41, 5.74) is 0.412. The predicted molar refractivity (Wildman–Crippen MR) is 76.6 cm³/mol. The topological polar surface area (TPSA) is 20.3 Å². The van der Waals surface area contributed by atoms with E-state index in [1.54, 1.807) is 6.07 Å². The van der Waals surface area contributed by atoms with Gasteiger partial charge in [-0.05, 0) is 37.5 Å². The first-order valence-corrected chi connectivity index (χ1v) is 7.86. The molecule has 98 valence electrons. The minimum atomic E-state index is -0.389. The third-order valence-electron chi connectivity index (χ3n) is 3.18. The molecule has 0 aliphatic carbocycles. The fraction of sp³-hybridized carbons (Fsp3) is 0.462. The first-order chi connectivity index (χ1) is 8.61. The van der Waals surface area contributed by atoms with Gasteiger partial charge in [-0.25, -0.2) is 4.39 Å². The molecule has 1 aliphatic rings. The molecule has 5 heteroatoms. The van der Waals surface area contributed by atoms with E-state index in [4.69, 9.17) is 0 Å². The Labute approximate surface area is 123 Å². The number of halogens is 3. The van der Waals surface area contributed by atoms with Gasteiger partial charge in [-0.2, -0.15) is 0 Å². The van der Waals surface area contributed by atoms with Crippen LogP contribution in [-0.2, 0) is 0 Å². The lowest BCUT2D eigenvalue weighted by Gasteiger charge is -2.34. The standard InChI is InChI=1S/C13H14Br2FNO/c14-8-12-3-1-2-4-17(12)13(18)9-5-10(15)7-11(16)6-9/h5-7,12H,1-4,8H2. The fourth-order valence-electron chi connectivity index (χ4n) is 2.27. The van der Waals surface area contributed by atoms with Gasteiger partial charge in [-0.1, -0.05) is 31.9 Å². The molecule has 2 nitrogen and oxygen atoms in total. The number of carbonyl (C=O) groups is 1. The molecule has 1 aliphatic heterocycles. The van der Waals surface area contributed by atoms with Crippen LogP contribution in [0.4, 0.5) is 4.39 Å². The molecule has 0 N–H and O–H groups in total. The Kier molecular flexibility index (Phi) is 4.78. The van der Waals surface area contributed by atoms with Crippen LogP contribution in [-0.4, -0.2) is 28.7 Å². The number of hydrogen-bond acceptors (Lipinski definition) is 1. The second-order valence-electron chi connectivity index (χ2n) is 4.46. The van der Waals surface area contributed by atoms with E-state index in [2.05, 4.69) is 31.9 Å². The smallest absolute Gasteiger partial charge is 0.254 e. The number of amides is 1. The highest BCUT2D eigenvalue weighted by molar-refractivity contribution is 9.10. The van der Waals surface area contributed by atoms with E-state index in [1.807, 2.05) is 4.90 Å². The Morgan fingerprint density at radius 3 is 2.83 bits per heavy atom. The Hall–Kier alpha value is -0.420. The van der Waals surface area contributed by atoms with Gasteiger partial charge in [0.25, 0.3) is 5.91 Å². The van der Waals surface area contributed by atoms with E-state index >= 15 is 0 Å². The van der Waals surface area contributed by atoms with Crippen LogP contribution in [0.15, 0.2) is 22.7 Å². The van der Waals surface area contributed by atoms with Gasteiger partial charge in [0.2, 0.25) is 0 Å². The number of piperidine rings is 1. The average molecular weight is 379 g/mol. The summed E-state index contributed by atoms with van der Waals surface area (Å²) >= 11 is 6.66. The van der Waals surface area contributed by atoms with Crippen molar-refractivity contribution >= 4 is 37.8 Å². The third kappa shape index (κ3) is 3.12. The van der Waals surface area contributed by atoms with E-state index < -0.39 is 0 Å². The zero-order chi connectivity index (χ0) is 13.1. The van der Waals surface area contributed by atoms with Crippen LogP contribution in [0.5, 0.6) is 0 Å². The maximum atomic E-state index is 13.3. The van der Waals surface area contributed by atoms with Crippen molar-refractivity contribution in [3.63, 3.8) is 0 Å². The second-order valence-corrected chi connectivity index (χ2v) is 6.02. The minimum Gasteiger partial charge on any atom is -0.335 e. The number of nitrogens with zero attached hydrogens (tertiary/aromatic N) is 1. The van der Waals surface area contributed by atoms with Gasteiger partial charge >= 0.3 is 0 Å². The highest BCUT2D eigenvalue weighted by atomic mass is 79.9. The molecule has 1 fully saturated rings. The molecule has 1 heterocycles. The Morgan fingerprint density at radius 2 is 2.17 bits per heavy atom. The molecule has 1 atom stereocenters. The molecule has 0 saturated carbocycles. The first kappa shape index (κ1) is 14.0. The summed E-state index contributed by atoms with van der Waals surface area (Å²) in [6, 6.07) is 4.54. The van der Waals surface area contributed by atoms with Crippen molar-refractivity contribution in [2.45, 2.75) is 25.3 Å². The normalized spacial score (nSPS) is 19.9. The van der Waals surface area contributed by atoms with Crippen molar-refractivity contribution in [3.8, 4) is 0 Å². The van der Waals surface area contributed by atoms with Gasteiger partial charge in [0.15, 0.2) is 0 Å². The summed E-state index contributed by atoms with van der Waals surface area (Å²) < 4.78 is 13.9. The number of carbonyl (C=O) groups excluding carboxylic acids is 1. The summed E-state index contributed by atoms with van der Waals surface area (Å²) in [5.74, 6) is -0.473. The highest BCUT2D eigenvalue weighted by Crippen LogP contribution is 2.23. The van der Waals surface area contributed by atoms with Crippen LogP contribution in [0.3, 0.4) is 0 Å². The molecule has 0 radical (unpaired) electrons. The molecule has 1 unspecified atom stereocenters. The third-order valence-corrected chi connectivity index (χ3v) is 4.38. The van der Waals surface area contributed by atoms with Gasteiger partial charge in [-0.15, -0.1) is 0 Å². The number of hydrogen-bond donors (Lipinski definition) is 0. The van der Waals surface area contributed by atoms with E-state index in [0.717, 1.165) is 31.1 Å². The molecule has 2 rings (SSSR count). The molecule has 1 aromatic rings. The lowest BCUT2D eigenvalue weighted by molar-refractivity contribution is 0.0641. The van der Waals surface area contributed by atoms with Crippen molar-refractivity contribution in [2.75, 3.05) is 11.9 Å². The molecule has 1 aromatic carbocycles. The summed E-state index contributed by atoms with van der Waals surface area (Å²) in [4.78, 5) is 14.2. The van der Waals surface area contributed by atoms with Crippen molar-refractivity contribution < 1.29 is 9.18 Å². The minimum absolute atomic E-state index is 0.0839. The van der Waals surface area contributed by atoms with E-state index in [9.17, 15) is 9.18 Å². The summed E-state index contributed by atoms with van der Waals surface area (Å²) in [6.07, 6.45) is 3.17. The van der Waals surface area contributed by atoms with Crippen molar-refractivity contribution in [1.29, 1.82) is 0 Å². The van der Waals surface area contributed by atoms with Crippen LogP contribution >= 0.6 is 31.9 Å². The lowest BCUT2D eigenvalue weighted by Crippen LogP contribution is -2.44. The molecule has 0 bridgehead atoms. The van der Waals surface area contributed by atoms with Crippen LogP contribution in [0.25, 0.3) is 0 Å². The largest absolute Gasteiger partial charge is 0.335 e. The van der Waals surface area contributed by atoms with Crippen LogP contribution in [0.2, 0.25) is 0 Å². The maximum Gasteiger partial charge on any atom is 0.254 e. The summed E-state index contributed by atoms with van der Waals surface area (Å²) in [7, 11) is 0. The second kappa shape index (κ2) is 6.15. The molecular weight excluding hydrogens is 365 g/mol. The van der Waals surface area contributed by atoms with Gasteiger partial charge in [0.1, 0.15) is 5.82 Å². The zero-order valence-corrected chi connectivity index (χ0v) is 13.0. The highest BCUT2D eigenvalue weighted by Gasteiger charge is 2.26. The summed E-state index contributed by atoms with van der Waals surface area (Å²) in [6.45, 7) is 0.753. The first-order valence-electron chi connectivity index (χ1n) is 5.95. The van der Waals surface area contributed by atoms with Gasteiger partial charge in [0.05, 0.1) is 0 Å². The van der Waals surface area contributed by atoms with Gasteiger partial charge in [0, 0.05) is 28.0 Å². The lowest BCUT2D eigenvalue weighted by atomic mass is 10.0. The SMILES string of the molecule is O=C(c1cc(F)cc(Br)c1)N1CCCCC1CBr. The fourth-order valence-corrected chi connectivity index (χ4v) is 3.41. The molecule has 0 aromatic heterocycles. The van der Waals surface area contributed by atoms with Crippen molar-refractivity contribution in [3.05, 3.63) is 34.1 Å². The van der Waals surface area contributed by atoms with Crippen LogP contribution in [0, 0.1) is 5.82 Å². The molecule has 0 spiro atoms. The van der Waals surface area contributed by atoms with Crippen LogP contribution < -0.4 is 0 Å². The number of alkyl halides is 1.